The maximum Gasteiger partial charge on any atom is 0.316 e. The van der Waals surface area contributed by atoms with E-state index >= 15 is 0 Å². The summed E-state index contributed by atoms with van der Waals surface area (Å²) in [6, 6.07) is 13.3. The summed E-state index contributed by atoms with van der Waals surface area (Å²) in [4.78, 5) is 16.3. The second kappa shape index (κ2) is 8.21. The Morgan fingerprint density at radius 3 is 2.79 bits per heavy atom. The van der Waals surface area contributed by atoms with Crippen molar-refractivity contribution in [3.8, 4) is 0 Å². The Morgan fingerprint density at radius 1 is 1.17 bits per heavy atom. The summed E-state index contributed by atoms with van der Waals surface area (Å²) in [5.41, 5.74) is 1.95. The molecule has 0 bridgehead atoms. The third-order valence-corrected chi connectivity index (χ3v) is 5.89. The number of esters is 1. The van der Waals surface area contributed by atoms with Gasteiger partial charge >= 0.3 is 5.97 Å². The van der Waals surface area contributed by atoms with E-state index in [1.807, 2.05) is 36.4 Å². The molecule has 0 atom stereocenters. The molecule has 1 aromatic heterocycles. The minimum atomic E-state index is -0.251. The summed E-state index contributed by atoms with van der Waals surface area (Å²) >= 11 is 14.9. The fourth-order valence-corrected chi connectivity index (χ4v) is 4.02. The van der Waals surface area contributed by atoms with Crippen molar-refractivity contribution in [1.29, 1.82) is 0 Å². The van der Waals surface area contributed by atoms with Gasteiger partial charge in [0.1, 0.15) is 11.6 Å². The normalized spacial score (nSPS) is 10.9. The number of benzene rings is 2. The number of carbonyl (C=O) groups excluding carboxylic acids is 1. The summed E-state index contributed by atoms with van der Waals surface area (Å²) in [5, 5.41) is 1.85. The van der Waals surface area contributed by atoms with E-state index in [-0.39, 0.29) is 18.3 Å². The van der Waals surface area contributed by atoms with E-state index in [1.54, 1.807) is 17.4 Å². The van der Waals surface area contributed by atoms with Gasteiger partial charge < -0.3 is 4.74 Å². The van der Waals surface area contributed by atoms with Crippen LogP contribution in [0.5, 0.6) is 0 Å². The van der Waals surface area contributed by atoms with Gasteiger partial charge in [-0.05, 0) is 29.8 Å². The fourth-order valence-electron chi connectivity index (χ4n) is 2.05. The Kier molecular flexibility index (Phi) is 6.00. The Labute approximate surface area is 157 Å². The molecular weight excluding hydrogens is 385 g/mol. The van der Waals surface area contributed by atoms with Gasteiger partial charge in [0.15, 0.2) is 0 Å². The van der Waals surface area contributed by atoms with Crippen molar-refractivity contribution in [3.05, 3.63) is 63.1 Å². The second-order valence-electron chi connectivity index (χ2n) is 4.98. The summed E-state index contributed by atoms with van der Waals surface area (Å²) < 4.78 is 6.37. The molecular formula is C17H13Cl2NO2S2. The highest BCUT2D eigenvalue weighted by molar-refractivity contribution is 7.99. The number of fused-ring (bicyclic) bond motifs is 1. The Hall–Kier alpha value is -1.27. The first kappa shape index (κ1) is 17.5. The maximum absolute atomic E-state index is 11.8. The van der Waals surface area contributed by atoms with Gasteiger partial charge in [0.05, 0.1) is 26.0 Å². The molecule has 1 heterocycles. The highest BCUT2D eigenvalue weighted by Gasteiger charge is 2.08. The van der Waals surface area contributed by atoms with Crippen molar-refractivity contribution < 1.29 is 9.53 Å². The molecule has 0 saturated heterocycles. The number of nitrogens with zero attached hydrogens (tertiary/aromatic N) is 1. The van der Waals surface area contributed by atoms with E-state index in [0.29, 0.717) is 15.8 Å². The lowest BCUT2D eigenvalue weighted by molar-refractivity contribution is -0.141. The van der Waals surface area contributed by atoms with Crippen LogP contribution in [-0.2, 0) is 21.9 Å². The molecule has 0 N–H and O–H groups in total. The summed E-state index contributed by atoms with van der Waals surface area (Å²) in [5.74, 6) is 0.706. The van der Waals surface area contributed by atoms with Crippen molar-refractivity contribution in [1.82, 2.24) is 4.98 Å². The lowest BCUT2D eigenvalue weighted by atomic mass is 10.2. The summed E-state index contributed by atoms with van der Waals surface area (Å²) in [7, 11) is 0. The van der Waals surface area contributed by atoms with Gasteiger partial charge in [-0.1, -0.05) is 41.4 Å². The predicted octanol–water partition coefficient (Wildman–Crippen LogP) is 5.58. The number of aromatic nitrogens is 1. The van der Waals surface area contributed by atoms with E-state index < -0.39 is 0 Å². The monoisotopic (exact) mass is 397 g/mol. The van der Waals surface area contributed by atoms with Crippen molar-refractivity contribution >= 4 is 62.5 Å². The van der Waals surface area contributed by atoms with Crippen LogP contribution in [0.15, 0.2) is 42.5 Å². The van der Waals surface area contributed by atoms with Gasteiger partial charge in [-0.3, -0.25) is 4.79 Å². The minimum Gasteiger partial charge on any atom is -0.458 e. The largest absolute Gasteiger partial charge is 0.458 e. The molecule has 7 heteroatoms. The van der Waals surface area contributed by atoms with Crippen LogP contribution in [0, 0.1) is 0 Å². The summed E-state index contributed by atoms with van der Waals surface area (Å²) in [6.07, 6.45) is 0. The Balaban J connectivity index is 1.44. The maximum atomic E-state index is 11.8. The number of halogens is 2. The Bertz CT molecular complexity index is 834. The topological polar surface area (TPSA) is 39.2 Å². The first-order valence-electron chi connectivity index (χ1n) is 7.13. The van der Waals surface area contributed by atoms with Crippen LogP contribution in [0.25, 0.3) is 10.2 Å². The SMILES string of the molecule is O=C(CSCc1ccc(Cl)c(Cl)c1)OCc1nc2ccccc2s1. The number of thiazole rings is 1. The van der Waals surface area contributed by atoms with Crippen LogP contribution >= 0.6 is 46.3 Å². The summed E-state index contributed by atoms with van der Waals surface area (Å²) in [6.45, 7) is 0.214. The molecule has 24 heavy (non-hydrogen) atoms. The van der Waals surface area contributed by atoms with E-state index in [0.717, 1.165) is 20.8 Å². The van der Waals surface area contributed by atoms with E-state index in [1.165, 1.54) is 11.8 Å². The molecule has 0 spiro atoms. The fraction of sp³-hybridized carbons (Fsp3) is 0.176. The van der Waals surface area contributed by atoms with Crippen LogP contribution < -0.4 is 0 Å². The Morgan fingerprint density at radius 2 is 2.00 bits per heavy atom. The molecule has 0 saturated carbocycles. The number of carbonyl (C=O) groups is 1. The number of hydrogen-bond acceptors (Lipinski definition) is 5. The van der Waals surface area contributed by atoms with Gasteiger partial charge in [-0.25, -0.2) is 4.98 Å². The van der Waals surface area contributed by atoms with Gasteiger partial charge in [0.25, 0.3) is 0 Å². The third kappa shape index (κ3) is 4.63. The second-order valence-corrected chi connectivity index (χ2v) is 7.89. The zero-order valence-electron chi connectivity index (χ0n) is 12.5. The minimum absolute atomic E-state index is 0.214. The van der Waals surface area contributed by atoms with Crippen LogP contribution in [0.3, 0.4) is 0 Å². The molecule has 3 aromatic rings. The molecule has 3 rings (SSSR count). The number of thioether (sulfide) groups is 1. The highest BCUT2D eigenvalue weighted by atomic mass is 35.5. The molecule has 0 fully saturated rings. The quantitative estimate of drug-likeness (QED) is 0.508. The number of rotatable bonds is 6. The van der Waals surface area contributed by atoms with Crippen molar-refractivity contribution in [2.45, 2.75) is 12.4 Å². The van der Waals surface area contributed by atoms with Crippen LogP contribution in [0.2, 0.25) is 10.0 Å². The van der Waals surface area contributed by atoms with Crippen molar-refractivity contribution in [2.75, 3.05) is 5.75 Å². The van der Waals surface area contributed by atoms with Gasteiger partial charge in [-0.2, -0.15) is 0 Å². The number of para-hydroxylation sites is 1. The zero-order valence-corrected chi connectivity index (χ0v) is 15.6. The molecule has 124 valence electrons. The lowest BCUT2D eigenvalue weighted by Gasteiger charge is -2.04. The predicted molar refractivity (Wildman–Crippen MR) is 102 cm³/mol. The van der Waals surface area contributed by atoms with E-state index in [2.05, 4.69) is 4.98 Å². The van der Waals surface area contributed by atoms with Crippen molar-refractivity contribution in [2.24, 2.45) is 0 Å². The van der Waals surface area contributed by atoms with E-state index in [4.69, 9.17) is 27.9 Å². The van der Waals surface area contributed by atoms with Crippen LogP contribution in [0.1, 0.15) is 10.6 Å². The molecule has 3 nitrogen and oxygen atoms in total. The average molecular weight is 398 g/mol. The molecule has 0 radical (unpaired) electrons. The smallest absolute Gasteiger partial charge is 0.316 e. The van der Waals surface area contributed by atoms with Crippen LogP contribution in [-0.4, -0.2) is 16.7 Å². The molecule has 0 unspecified atom stereocenters. The first-order chi connectivity index (χ1) is 11.6. The highest BCUT2D eigenvalue weighted by Crippen LogP contribution is 2.25. The molecule has 0 aliphatic carbocycles. The standard InChI is InChI=1S/C17H13Cl2NO2S2/c18-12-6-5-11(7-13(12)19)9-23-10-17(21)22-8-16-20-14-3-1-2-4-15(14)24-16/h1-7H,8-10H2. The average Bonchev–Trinajstić information content (AvgIpc) is 2.99. The third-order valence-electron chi connectivity index (χ3n) is 3.17. The molecule has 0 aliphatic heterocycles. The first-order valence-corrected chi connectivity index (χ1v) is 9.86. The molecule has 0 amide bonds. The van der Waals surface area contributed by atoms with Gasteiger partial charge in [0.2, 0.25) is 0 Å². The van der Waals surface area contributed by atoms with Crippen LogP contribution in [0.4, 0.5) is 0 Å². The van der Waals surface area contributed by atoms with Gasteiger partial charge in [0, 0.05) is 5.75 Å². The number of hydrogen-bond donors (Lipinski definition) is 0. The zero-order chi connectivity index (χ0) is 16.9. The van der Waals surface area contributed by atoms with E-state index in [9.17, 15) is 4.79 Å². The van der Waals surface area contributed by atoms with Crippen molar-refractivity contribution in [3.63, 3.8) is 0 Å². The molecule has 2 aromatic carbocycles. The number of ether oxygens (including phenoxy) is 1. The molecule has 0 aliphatic rings. The lowest BCUT2D eigenvalue weighted by Crippen LogP contribution is -2.07. The van der Waals surface area contributed by atoms with Gasteiger partial charge in [-0.15, -0.1) is 23.1 Å².